The lowest BCUT2D eigenvalue weighted by atomic mass is 10.0. The molecule has 0 unspecified atom stereocenters. The first-order valence-electron chi connectivity index (χ1n) is 10.2. The maximum atomic E-state index is 12.4. The fourth-order valence-electron chi connectivity index (χ4n) is 3.91. The first kappa shape index (κ1) is 21.4. The van der Waals surface area contributed by atoms with Crippen LogP contribution in [0.1, 0.15) is 54.5 Å². The van der Waals surface area contributed by atoms with Gasteiger partial charge in [-0.3, -0.25) is 9.10 Å². The molecule has 1 aliphatic rings. The maximum absolute atomic E-state index is 12.4. The average molecular weight is 415 g/mol. The number of hydrogen-bond acceptors (Lipinski definition) is 3. The van der Waals surface area contributed by atoms with Gasteiger partial charge in [-0.15, -0.1) is 0 Å². The van der Waals surface area contributed by atoms with Crippen LogP contribution < -0.4 is 9.62 Å². The number of carbonyl (C=O) groups excluding carboxylic acids is 1. The van der Waals surface area contributed by atoms with Crippen LogP contribution >= 0.6 is 0 Å². The van der Waals surface area contributed by atoms with Crippen LogP contribution in [0.15, 0.2) is 42.5 Å². The Morgan fingerprint density at radius 2 is 1.90 bits per heavy atom. The summed E-state index contributed by atoms with van der Waals surface area (Å²) in [6.07, 6.45) is 5.41. The largest absolute Gasteiger partial charge is 0.350 e. The number of sulfonamides is 1. The highest BCUT2D eigenvalue weighted by molar-refractivity contribution is 7.92. The first-order chi connectivity index (χ1) is 13.7. The molecule has 3 rings (SSSR count). The lowest BCUT2D eigenvalue weighted by molar-refractivity contribution is -0.121. The van der Waals surface area contributed by atoms with Crippen LogP contribution in [-0.4, -0.2) is 27.1 Å². The van der Waals surface area contributed by atoms with Crippen molar-refractivity contribution in [2.45, 2.75) is 52.0 Å². The number of anilines is 1. The van der Waals surface area contributed by atoms with Gasteiger partial charge in [-0.05, 0) is 73.9 Å². The van der Waals surface area contributed by atoms with Gasteiger partial charge < -0.3 is 5.32 Å². The molecule has 0 radical (unpaired) electrons. The monoisotopic (exact) mass is 414 g/mol. The van der Waals surface area contributed by atoms with E-state index in [1.165, 1.54) is 28.1 Å². The predicted octanol–water partition coefficient (Wildman–Crippen LogP) is 3.91. The predicted molar refractivity (Wildman–Crippen MR) is 118 cm³/mol. The molecule has 0 heterocycles. The number of nitrogens with zero attached hydrogens (tertiary/aromatic N) is 1. The van der Waals surface area contributed by atoms with E-state index in [0.29, 0.717) is 12.1 Å². The van der Waals surface area contributed by atoms with E-state index in [2.05, 4.69) is 23.5 Å². The molecule has 29 heavy (non-hydrogen) atoms. The summed E-state index contributed by atoms with van der Waals surface area (Å²) in [7, 11) is -3.40. The molecule has 6 heteroatoms. The molecular weight excluding hydrogens is 384 g/mol. The number of carbonyl (C=O) groups is 1. The van der Waals surface area contributed by atoms with Crippen LogP contribution in [0, 0.1) is 6.92 Å². The van der Waals surface area contributed by atoms with Crippen molar-refractivity contribution in [3.8, 4) is 0 Å². The van der Waals surface area contributed by atoms with Gasteiger partial charge in [0.15, 0.2) is 0 Å². The normalized spacial score (nSPS) is 14.3. The summed E-state index contributed by atoms with van der Waals surface area (Å²) >= 11 is 0. The summed E-state index contributed by atoms with van der Waals surface area (Å²) in [6, 6.07) is 13.8. The van der Waals surface area contributed by atoms with Gasteiger partial charge in [0.05, 0.1) is 18.0 Å². The molecule has 1 aliphatic carbocycles. The van der Waals surface area contributed by atoms with Crippen LogP contribution in [-0.2, 0) is 27.7 Å². The highest BCUT2D eigenvalue weighted by Gasteiger charge is 2.19. The zero-order valence-corrected chi connectivity index (χ0v) is 18.3. The fraction of sp³-hybridized carbons (Fsp3) is 0.435. The molecule has 1 amide bonds. The van der Waals surface area contributed by atoms with Crippen molar-refractivity contribution in [1.82, 2.24) is 5.32 Å². The van der Waals surface area contributed by atoms with E-state index >= 15 is 0 Å². The number of amides is 1. The average Bonchev–Trinajstić information content (AvgIpc) is 3.12. The van der Waals surface area contributed by atoms with Gasteiger partial charge in [-0.2, -0.15) is 0 Å². The van der Waals surface area contributed by atoms with E-state index in [-0.39, 0.29) is 24.9 Å². The molecule has 1 atom stereocenters. The lowest BCUT2D eigenvalue weighted by Gasteiger charge is -2.23. The quantitative estimate of drug-likeness (QED) is 0.712. The van der Waals surface area contributed by atoms with Crippen LogP contribution in [0.4, 0.5) is 5.69 Å². The maximum Gasteiger partial charge on any atom is 0.232 e. The highest BCUT2D eigenvalue weighted by Crippen LogP contribution is 2.25. The first-order valence-corrected chi connectivity index (χ1v) is 12.0. The Bertz CT molecular complexity index is 985. The Morgan fingerprint density at radius 3 is 2.62 bits per heavy atom. The second-order valence-electron chi connectivity index (χ2n) is 7.95. The molecule has 2 aromatic carbocycles. The van der Waals surface area contributed by atoms with Crippen molar-refractivity contribution in [2.24, 2.45) is 0 Å². The zero-order chi connectivity index (χ0) is 21.0. The van der Waals surface area contributed by atoms with Crippen molar-refractivity contribution >= 4 is 21.6 Å². The summed E-state index contributed by atoms with van der Waals surface area (Å²) in [5.74, 6) is -0.0595. The van der Waals surface area contributed by atoms with Crippen molar-refractivity contribution < 1.29 is 13.2 Å². The second-order valence-corrected chi connectivity index (χ2v) is 9.86. The number of nitrogens with one attached hydrogen (secondary N) is 1. The topological polar surface area (TPSA) is 66.5 Å². The van der Waals surface area contributed by atoms with E-state index in [4.69, 9.17) is 0 Å². The Kier molecular flexibility index (Phi) is 6.63. The molecule has 0 saturated carbocycles. The van der Waals surface area contributed by atoms with Gasteiger partial charge >= 0.3 is 0 Å². The van der Waals surface area contributed by atoms with E-state index in [1.807, 2.05) is 32.0 Å². The Labute approximate surface area is 174 Å². The summed E-state index contributed by atoms with van der Waals surface area (Å²) in [5.41, 5.74) is 5.57. The number of aryl methyl sites for hydroxylation is 3. The van der Waals surface area contributed by atoms with Gasteiger partial charge in [0.1, 0.15) is 0 Å². The van der Waals surface area contributed by atoms with Crippen LogP contribution in [0.2, 0.25) is 0 Å². The van der Waals surface area contributed by atoms with Crippen molar-refractivity contribution in [3.05, 3.63) is 64.7 Å². The van der Waals surface area contributed by atoms with E-state index in [1.54, 1.807) is 6.07 Å². The minimum atomic E-state index is -3.40. The lowest BCUT2D eigenvalue weighted by Crippen LogP contribution is -2.32. The van der Waals surface area contributed by atoms with Crippen molar-refractivity contribution in [2.75, 3.05) is 17.1 Å². The highest BCUT2D eigenvalue weighted by atomic mass is 32.2. The molecule has 0 aliphatic heterocycles. The molecular formula is C23H30N2O3S. The smallest absolute Gasteiger partial charge is 0.232 e. The molecule has 156 valence electrons. The minimum absolute atomic E-state index is 0.0591. The minimum Gasteiger partial charge on any atom is -0.350 e. The van der Waals surface area contributed by atoms with Gasteiger partial charge in [0.25, 0.3) is 0 Å². The van der Waals surface area contributed by atoms with Gasteiger partial charge in [-0.25, -0.2) is 8.42 Å². The third kappa shape index (κ3) is 5.60. The van der Waals surface area contributed by atoms with Crippen LogP contribution in [0.5, 0.6) is 0 Å². The van der Waals surface area contributed by atoms with Gasteiger partial charge in [-0.1, -0.05) is 30.3 Å². The summed E-state index contributed by atoms with van der Waals surface area (Å²) in [6.45, 7) is 4.20. The molecule has 0 bridgehead atoms. The Hall–Kier alpha value is -2.34. The third-order valence-corrected chi connectivity index (χ3v) is 6.65. The Morgan fingerprint density at radius 1 is 1.14 bits per heavy atom. The standard InChI is InChI=1S/C23H30N2O3S/c1-17-7-4-10-22(15-17)25(29(3,27)28)14-6-11-23(26)24-18(2)20-13-12-19-8-5-9-21(19)16-20/h4,7,10,12-13,15-16,18H,5-6,8-9,11,14H2,1-3H3,(H,24,26)/t18-/m0/s1. The second kappa shape index (κ2) is 8.99. The molecule has 0 saturated heterocycles. The van der Waals surface area contributed by atoms with E-state index in [0.717, 1.165) is 24.0 Å². The van der Waals surface area contributed by atoms with Crippen LogP contribution in [0.25, 0.3) is 0 Å². The third-order valence-electron chi connectivity index (χ3n) is 5.46. The van der Waals surface area contributed by atoms with Gasteiger partial charge in [0.2, 0.25) is 15.9 Å². The zero-order valence-electron chi connectivity index (χ0n) is 17.4. The number of fused-ring (bicyclic) bond motifs is 1. The van der Waals surface area contributed by atoms with Crippen molar-refractivity contribution in [1.29, 1.82) is 0 Å². The molecule has 0 fully saturated rings. The van der Waals surface area contributed by atoms with E-state index < -0.39 is 10.0 Å². The summed E-state index contributed by atoms with van der Waals surface area (Å²) < 4.78 is 25.8. The Balaban J connectivity index is 1.55. The summed E-state index contributed by atoms with van der Waals surface area (Å²) in [4.78, 5) is 12.4. The SMILES string of the molecule is Cc1cccc(N(CCCC(=O)N[C@@H](C)c2ccc3c(c2)CCC3)S(C)(=O)=O)c1. The number of hydrogen-bond donors (Lipinski definition) is 1. The van der Waals surface area contributed by atoms with E-state index in [9.17, 15) is 13.2 Å². The summed E-state index contributed by atoms with van der Waals surface area (Å²) in [5, 5.41) is 3.04. The van der Waals surface area contributed by atoms with Gasteiger partial charge in [0, 0.05) is 13.0 Å². The van der Waals surface area contributed by atoms with Crippen LogP contribution in [0.3, 0.4) is 0 Å². The number of benzene rings is 2. The molecule has 0 aromatic heterocycles. The number of rotatable bonds is 8. The molecule has 1 N–H and O–H groups in total. The fourth-order valence-corrected chi connectivity index (χ4v) is 4.87. The molecule has 0 spiro atoms. The van der Waals surface area contributed by atoms with Crippen molar-refractivity contribution in [3.63, 3.8) is 0 Å². The molecule has 2 aromatic rings. The molecule has 5 nitrogen and oxygen atoms in total.